The summed E-state index contributed by atoms with van der Waals surface area (Å²) < 4.78 is 2.12. The molecule has 1 aromatic carbocycles. The van der Waals surface area contributed by atoms with E-state index < -0.39 is 4.92 Å². The topological polar surface area (TPSA) is 84.5 Å². The highest BCUT2D eigenvalue weighted by molar-refractivity contribution is 5.94. The number of benzene rings is 1. The van der Waals surface area contributed by atoms with Crippen molar-refractivity contribution >= 4 is 11.6 Å². The summed E-state index contributed by atoms with van der Waals surface area (Å²) in [4.78, 5) is 31.1. The fourth-order valence-electron chi connectivity index (χ4n) is 2.97. The lowest BCUT2D eigenvalue weighted by atomic mass is 10.1. The van der Waals surface area contributed by atoms with E-state index in [1.165, 1.54) is 24.3 Å². The van der Waals surface area contributed by atoms with Crippen LogP contribution in [0.1, 0.15) is 16.2 Å². The number of aromatic nitrogens is 2. The van der Waals surface area contributed by atoms with Crippen LogP contribution in [0.4, 0.5) is 5.69 Å². The van der Waals surface area contributed by atoms with Crippen LogP contribution in [0.5, 0.6) is 0 Å². The molecule has 0 unspecified atom stereocenters. The smallest absolute Gasteiger partial charge is 0.269 e. The molecule has 132 valence electrons. The van der Waals surface area contributed by atoms with Crippen LogP contribution in [0.3, 0.4) is 0 Å². The van der Waals surface area contributed by atoms with E-state index in [0.29, 0.717) is 18.7 Å². The highest BCUT2D eigenvalue weighted by Gasteiger charge is 2.22. The molecule has 8 heteroatoms. The van der Waals surface area contributed by atoms with Gasteiger partial charge in [-0.3, -0.25) is 19.8 Å². The van der Waals surface area contributed by atoms with Crippen molar-refractivity contribution in [3.63, 3.8) is 0 Å². The minimum absolute atomic E-state index is 0.00355. The summed E-state index contributed by atoms with van der Waals surface area (Å²) in [5, 5.41) is 10.7. The second kappa shape index (κ2) is 7.43. The van der Waals surface area contributed by atoms with Gasteiger partial charge in [0.1, 0.15) is 5.82 Å². The number of hydrogen-bond acceptors (Lipinski definition) is 5. The van der Waals surface area contributed by atoms with Gasteiger partial charge in [0.2, 0.25) is 0 Å². The number of non-ortho nitro benzene ring substituents is 1. The highest BCUT2D eigenvalue weighted by atomic mass is 16.6. The van der Waals surface area contributed by atoms with Crippen molar-refractivity contribution in [3.05, 3.63) is 58.2 Å². The second-order valence-corrected chi connectivity index (χ2v) is 6.11. The van der Waals surface area contributed by atoms with Crippen LogP contribution in [0.2, 0.25) is 0 Å². The maximum Gasteiger partial charge on any atom is 0.269 e. The molecule has 0 atom stereocenters. The lowest BCUT2D eigenvalue weighted by Gasteiger charge is -2.34. The van der Waals surface area contributed by atoms with Crippen LogP contribution in [-0.2, 0) is 6.54 Å². The average molecular weight is 343 g/mol. The van der Waals surface area contributed by atoms with Gasteiger partial charge in [-0.15, -0.1) is 0 Å². The number of piperazine rings is 1. The summed E-state index contributed by atoms with van der Waals surface area (Å²) in [5.74, 6) is 0.937. The Morgan fingerprint density at radius 1 is 1.16 bits per heavy atom. The molecule has 1 aromatic heterocycles. The molecule has 25 heavy (non-hydrogen) atoms. The number of rotatable bonds is 5. The van der Waals surface area contributed by atoms with E-state index in [-0.39, 0.29) is 11.6 Å². The first kappa shape index (κ1) is 17.1. The van der Waals surface area contributed by atoms with Gasteiger partial charge in [0, 0.05) is 69.4 Å². The van der Waals surface area contributed by atoms with Crippen molar-refractivity contribution in [1.29, 1.82) is 0 Å². The molecule has 1 aliphatic rings. The van der Waals surface area contributed by atoms with Crippen molar-refractivity contribution in [2.24, 2.45) is 0 Å². The van der Waals surface area contributed by atoms with Gasteiger partial charge in [0.15, 0.2) is 0 Å². The second-order valence-electron chi connectivity index (χ2n) is 6.11. The lowest BCUT2D eigenvalue weighted by Crippen LogP contribution is -2.49. The van der Waals surface area contributed by atoms with Crippen molar-refractivity contribution in [2.45, 2.75) is 13.5 Å². The Kier molecular flexibility index (Phi) is 5.08. The van der Waals surface area contributed by atoms with E-state index in [0.717, 1.165) is 32.0 Å². The normalized spacial score (nSPS) is 15.3. The number of nitro benzene ring substituents is 1. The van der Waals surface area contributed by atoms with E-state index in [9.17, 15) is 14.9 Å². The molecule has 0 aliphatic carbocycles. The maximum atomic E-state index is 12.5. The van der Waals surface area contributed by atoms with Crippen LogP contribution in [0, 0.1) is 17.0 Å². The molecule has 1 aliphatic heterocycles. The van der Waals surface area contributed by atoms with Crippen molar-refractivity contribution in [3.8, 4) is 0 Å². The maximum absolute atomic E-state index is 12.5. The lowest BCUT2D eigenvalue weighted by molar-refractivity contribution is -0.384. The van der Waals surface area contributed by atoms with Crippen molar-refractivity contribution < 1.29 is 9.72 Å². The van der Waals surface area contributed by atoms with Crippen LogP contribution in [-0.4, -0.2) is 62.9 Å². The first-order chi connectivity index (χ1) is 12.0. The van der Waals surface area contributed by atoms with Gasteiger partial charge < -0.3 is 9.47 Å². The number of nitrogens with zero attached hydrogens (tertiary/aromatic N) is 5. The minimum Gasteiger partial charge on any atom is -0.336 e. The number of nitro groups is 1. The molecule has 1 amide bonds. The largest absolute Gasteiger partial charge is 0.336 e. The van der Waals surface area contributed by atoms with E-state index in [2.05, 4.69) is 14.5 Å². The molecule has 0 radical (unpaired) electrons. The summed E-state index contributed by atoms with van der Waals surface area (Å²) in [6, 6.07) is 5.79. The predicted molar refractivity (Wildman–Crippen MR) is 92.4 cm³/mol. The van der Waals surface area contributed by atoms with E-state index in [4.69, 9.17) is 0 Å². The molecule has 0 spiro atoms. The Morgan fingerprint density at radius 3 is 2.40 bits per heavy atom. The third kappa shape index (κ3) is 4.03. The Hall–Kier alpha value is -2.74. The monoisotopic (exact) mass is 343 g/mol. The zero-order chi connectivity index (χ0) is 17.8. The summed E-state index contributed by atoms with van der Waals surface area (Å²) in [7, 11) is 0. The van der Waals surface area contributed by atoms with Gasteiger partial charge in [-0.25, -0.2) is 4.98 Å². The summed E-state index contributed by atoms with van der Waals surface area (Å²) in [5.41, 5.74) is 0.490. The quantitative estimate of drug-likeness (QED) is 0.607. The molecule has 0 saturated carbocycles. The third-order valence-corrected chi connectivity index (χ3v) is 4.57. The molecule has 0 N–H and O–H groups in total. The zero-order valence-electron chi connectivity index (χ0n) is 14.2. The van der Waals surface area contributed by atoms with Crippen LogP contribution < -0.4 is 0 Å². The number of carbonyl (C=O) groups is 1. The number of hydrogen-bond donors (Lipinski definition) is 0. The average Bonchev–Trinajstić information content (AvgIpc) is 3.05. The van der Waals surface area contributed by atoms with E-state index >= 15 is 0 Å². The molecular formula is C17H21N5O3. The molecule has 0 bridgehead atoms. The van der Waals surface area contributed by atoms with Crippen LogP contribution in [0.25, 0.3) is 0 Å². The molecule has 3 rings (SSSR count). The van der Waals surface area contributed by atoms with E-state index in [1.807, 2.05) is 13.1 Å². The fourth-order valence-corrected chi connectivity index (χ4v) is 2.97. The SMILES string of the molecule is Cc1nccn1CCN1CCN(C(=O)c2ccc([N+](=O)[O-])cc2)CC1. The van der Waals surface area contributed by atoms with Gasteiger partial charge in [-0.2, -0.15) is 0 Å². The van der Waals surface area contributed by atoms with Crippen LogP contribution in [0.15, 0.2) is 36.7 Å². The van der Waals surface area contributed by atoms with Crippen LogP contribution >= 0.6 is 0 Å². The number of imidazole rings is 1. The third-order valence-electron chi connectivity index (χ3n) is 4.57. The van der Waals surface area contributed by atoms with Gasteiger partial charge in [0.25, 0.3) is 11.6 Å². The molecule has 2 aromatic rings. The Bertz CT molecular complexity index is 748. The first-order valence-electron chi connectivity index (χ1n) is 8.28. The number of aryl methyl sites for hydroxylation is 1. The Morgan fingerprint density at radius 2 is 1.84 bits per heavy atom. The highest BCUT2D eigenvalue weighted by Crippen LogP contribution is 2.14. The fraction of sp³-hybridized carbons (Fsp3) is 0.412. The predicted octanol–water partition coefficient (Wildman–Crippen LogP) is 1.56. The minimum atomic E-state index is -0.463. The molecule has 2 heterocycles. The number of amides is 1. The van der Waals surface area contributed by atoms with E-state index in [1.54, 1.807) is 11.1 Å². The molecule has 1 fully saturated rings. The van der Waals surface area contributed by atoms with Gasteiger partial charge >= 0.3 is 0 Å². The van der Waals surface area contributed by atoms with Crippen molar-refractivity contribution in [2.75, 3.05) is 32.7 Å². The first-order valence-corrected chi connectivity index (χ1v) is 8.28. The summed E-state index contributed by atoms with van der Waals surface area (Å²) >= 11 is 0. The van der Waals surface area contributed by atoms with Crippen molar-refractivity contribution in [1.82, 2.24) is 19.4 Å². The summed E-state index contributed by atoms with van der Waals surface area (Å²) in [6.07, 6.45) is 3.78. The molecular weight excluding hydrogens is 322 g/mol. The zero-order valence-corrected chi connectivity index (χ0v) is 14.2. The van der Waals surface area contributed by atoms with Gasteiger partial charge in [0.05, 0.1) is 4.92 Å². The van der Waals surface area contributed by atoms with Gasteiger partial charge in [-0.05, 0) is 19.1 Å². The Labute approximate surface area is 145 Å². The summed E-state index contributed by atoms with van der Waals surface area (Å²) in [6.45, 7) is 6.79. The molecule has 1 saturated heterocycles. The standard InChI is InChI=1S/C17H21N5O3/c1-14-18-6-7-20(14)11-8-19-9-12-21(13-10-19)17(23)15-2-4-16(5-3-15)22(24)25/h2-7H,8-13H2,1H3. The number of carbonyl (C=O) groups excluding carboxylic acids is 1. The Balaban J connectivity index is 1.50. The van der Waals surface area contributed by atoms with Gasteiger partial charge in [-0.1, -0.05) is 0 Å². The molecule has 8 nitrogen and oxygen atoms in total.